The number of rotatable bonds is 13. The monoisotopic (exact) mass is 867 g/mol. The van der Waals surface area contributed by atoms with E-state index in [-0.39, 0.29) is 29.5 Å². The van der Waals surface area contributed by atoms with E-state index in [0.29, 0.717) is 70.4 Å². The number of nitrogens with zero attached hydrogens (tertiary/aromatic N) is 5. The first-order valence-corrected chi connectivity index (χ1v) is 21.5. The fraction of sp³-hybridized carbons (Fsp3) is 0.204. The molecule has 0 aliphatic heterocycles. The molecule has 11 nitrogen and oxygen atoms in total. The molecule has 0 fully saturated rings. The summed E-state index contributed by atoms with van der Waals surface area (Å²) < 4.78 is 8.41. The number of hydrogen-bond donors (Lipinski definition) is 3. The van der Waals surface area contributed by atoms with Gasteiger partial charge in [0.25, 0.3) is 0 Å². The Bertz CT molecular complexity index is 3140. The normalized spacial score (nSPS) is 11.2. The highest BCUT2D eigenvalue weighted by Crippen LogP contribution is 2.37. The molecule has 5 aromatic carbocycles. The molecule has 330 valence electrons. The number of pyridine rings is 1. The van der Waals surface area contributed by atoms with Gasteiger partial charge in [-0.05, 0) is 89.4 Å². The van der Waals surface area contributed by atoms with Gasteiger partial charge in [-0.1, -0.05) is 101 Å². The smallest absolute Gasteiger partial charge is 0.348 e. The lowest BCUT2D eigenvalue weighted by atomic mass is 9.96. The van der Waals surface area contributed by atoms with Crippen LogP contribution in [-0.2, 0) is 25.9 Å². The molecule has 0 aliphatic rings. The fourth-order valence-electron chi connectivity index (χ4n) is 8.01. The Balaban J connectivity index is 0.000000195. The van der Waals surface area contributed by atoms with Crippen molar-refractivity contribution in [2.24, 2.45) is 0 Å². The van der Waals surface area contributed by atoms with Gasteiger partial charge in [-0.25, -0.2) is 9.59 Å². The molecule has 11 heteroatoms. The van der Waals surface area contributed by atoms with Crippen LogP contribution in [-0.4, -0.2) is 46.5 Å². The first-order chi connectivity index (χ1) is 31.3. The van der Waals surface area contributed by atoms with Crippen molar-refractivity contribution in [1.82, 2.24) is 24.1 Å². The highest BCUT2D eigenvalue weighted by Gasteiger charge is 2.20. The van der Waals surface area contributed by atoms with Gasteiger partial charge in [-0.15, -0.1) is 13.2 Å². The third-order valence-electron chi connectivity index (χ3n) is 11.5. The Labute approximate surface area is 378 Å². The summed E-state index contributed by atoms with van der Waals surface area (Å²) in [4.78, 5) is 39.5. The zero-order chi connectivity index (χ0) is 46.4. The van der Waals surface area contributed by atoms with Crippen molar-refractivity contribution in [3.8, 4) is 45.5 Å². The maximum absolute atomic E-state index is 13.3. The van der Waals surface area contributed by atoms with E-state index in [1.807, 2.05) is 48.5 Å². The molecule has 8 aromatic rings. The van der Waals surface area contributed by atoms with Crippen molar-refractivity contribution >= 4 is 21.8 Å². The number of phenols is 3. The van der Waals surface area contributed by atoms with Crippen LogP contribution in [0.1, 0.15) is 72.9 Å². The third-order valence-corrected chi connectivity index (χ3v) is 11.5. The van der Waals surface area contributed by atoms with Crippen molar-refractivity contribution in [2.45, 2.75) is 65.5 Å². The van der Waals surface area contributed by atoms with Crippen molar-refractivity contribution in [3.05, 3.63) is 195 Å². The molecular formula is C54H53N5O6. The van der Waals surface area contributed by atoms with Crippen LogP contribution in [0.15, 0.2) is 150 Å². The molecule has 0 atom stereocenters. The minimum atomic E-state index is -0.405. The summed E-state index contributed by atoms with van der Waals surface area (Å²) in [7, 11) is 1.48. The standard InChI is InChI=1S/C28H28N2O4.C26H25N3O2/c1-5-6-21-23(31)14-12-22-26(21)27(20-10-8-19(9-11-20)17(2)3)29-28(33)30(22)16-18-7-13-24(32)25(15-18)34-4;1-4-6-21-23(30)13-12-22-24(21)25(20-10-8-19(9-11-20)17(2)3)28-26(31)29(22)16-18-7-5-14-27-15-18/h5,7-15,17,31-32H,1,6,16H2,2-4H3;4-5,7-15,17,30H,1,6,16H2,2-3H3. The van der Waals surface area contributed by atoms with Gasteiger partial charge in [0.2, 0.25) is 0 Å². The molecule has 0 bridgehead atoms. The van der Waals surface area contributed by atoms with E-state index in [4.69, 9.17) is 4.74 Å². The number of aromatic hydroxyl groups is 3. The number of ether oxygens (including phenoxy) is 1. The van der Waals surface area contributed by atoms with E-state index >= 15 is 0 Å². The maximum atomic E-state index is 13.3. The molecule has 0 radical (unpaired) electrons. The third kappa shape index (κ3) is 9.59. The predicted octanol–water partition coefficient (Wildman–Crippen LogP) is 10.4. The van der Waals surface area contributed by atoms with Crippen molar-refractivity contribution in [3.63, 3.8) is 0 Å². The molecule has 0 saturated heterocycles. The molecule has 0 spiro atoms. The lowest BCUT2D eigenvalue weighted by Gasteiger charge is -2.17. The Morgan fingerprint density at radius 1 is 0.615 bits per heavy atom. The fourth-order valence-corrected chi connectivity index (χ4v) is 8.01. The van der Waals surface area contributed by atoms with Crippen LogP contribution >= 0.6 is 0 Å². The number of benzene rings is 5. The van der Waals surface area contributed by atoms with Gasteiger partial charge < -0.3 is 20.1 Å². The van der Waals surface area contributed by atoms with Crippen LogP contribution in [0.25, 0.3) is 44.3 Å². The van der Waals surface area contributed by atoms with Gasteiger partial charge in [0.05, 0.1) is 42.6 Å². The first-order valence-electron chi connectivity index (χ1n) is 21.5. The van der Waals surface area contributed by atoms with Crippen LogP contribution in [0.4, 0.5) is 0 Å². The molecule has 0 aliphatic carbocycles. The summed E-state index contributed by atoms with van der Waals surface area (Å²) in [6, 6.07) is 31.6. The summed E-state index contributed by atoms with van der Waals surface area (Å²) in [5.74, 6) is 1.45. The molecule has 0 amide bonds. The molecule has 3 heterocycles. The molecule has 3 N–H and O–H groups in total. The zero-order valence-corrected chi connectivity index (χ0v) is 37.3. The quantitative estimate of drug-likeness (QED) is 0.0962. The lowest BCUT2D eigenvalue weighted by molar-refractivity contribution is 0.373. The van der Waals surface area contributed by atoms with Gasteiger partial charge in [0.1, 0.15) is 11.5 Å². The van der Waals surface area contributed by atoms with Crippen molar-refractivity contribution in [1.29, 1.82) is 0 Å². The van der Waals surface area contributed by atoms with Gasteiger partial charge in [0, 0.05) is 45.4 Å². The molecule has 0 unspecified atom stereocenters. The molecular weight excluding hydrogens is 815 g/mol. The first kappa shape index (κ1) is 45.2. The zero-order valence-electron chi connectivity index (χ0n) is 37.3. The van der Waals surface area contributed by atoms with Crippen molar-refractivity contribution in [2.75, 3.05) is 7.11 Å². The maximum Gasteiger partial charge on any atom is 0.348 e. The second kappa shape index (κ2) is 19.7. The number of aromatic nitrogens is 5. The number of phenolic OH excluding ortho intramolecular Hbond substituents is 3. The molecule has 0 saturated carbocycles. The second-order valence-electron chi connectivity index (χ2n) is 16.5. The van der Waals surface area contributed by atoms with Gasteiger partial charge in [0.15, 0.2) is 11.5 Å². The van der Waals surface area contributed by atoms with Crippen LogP contribution in [0.3, 0.4) is 0 Å². The van der Waals surface area contributed by atoms with E-state index in [1.54, 1.807) is 70.1 Å². The Kier molecular flexibility index (Phi) is 13.7. The summed E-state index contributed by atoms with van der Waals surface area (Å²) >= 11 is 0. The minimum absolute atomic E-state index is 0.0277. The number of fused-ring (bicyclic) bond motifs is 2. The van der Waals surface area contributed by atoms with E-state index in [9.17, 15) is 24.9 Å². The van der Waals surface area contributed by atoms with Crippen LogP contribution in [0.2, 0.25) is 0 Å². The van der Waals surface area contributed by atoms with Gasteiger partial charge in [-0.2, -0.15) is 9.97 Å². The Hall–Kier alpha value is -7.79. The van der Waals surface area contributed by atoms with E-state index in [2.05, 4.69) is 67.9 Å². The van der Waals surface area contributed by atoms with E-state index in [1.165, 1.54) is 24.3 Å². The average molecular weight is 868 g/mol. The SMILES string of the molecule is C=CCc1c(O)ccc2c1c(-c1ccc(C(C)C)cc1)nc(=O)n2Cc1ccc(O)c(OC)c1.C=CCc1c(O)ccc2c1c(-c1ccc(C(C)C)cc1)nc(=O)n2Cc1cccnc1. The Morgan fingerprint density at radius 2 is 1.08 bits per heavy atom. The van der Waals surface area contributed by atoms with E-state index in [0.717, 1.165) is 33.2 Å². The van der Waals surface area contributed by atoms with Crippen LogP contribution in [0, 0.1) is 0 Å². The Morgan fingerprint density at radius 3 is 1.49 bits per heavy atom. The summed E-state index contributed by atoms with van der Waals surface area (Å²) in [6.45, 7) is 16.8. The molecule has 3 aromatic heterocycles. The lowest BCUT2D eigenvalue weighted by Crippen LogP contribution is -2.25. The largest absolute Gasteiger partial charge is 0.508 e. The topological polar surface area (TPSA) is 153 Å². The summed E-state index contributed by atoms with van der Waals surface area (Å²) in [5, 5.41) is 32.7. The predicted molar refractivity (Wildman–Crippen MR) is 259 cm³/mol. The highest BCUT2D eigenvalue weighted by molar-refractivity contribution is 5.98. The average Bonchev–Trinajstić information content (AvgIpc) is 3.31. The summed E-state index contributed by atoms with van der Waals surface area (Å²) in [5.41, 5.74) is 8.85. The number of hydrogen-bond acceptors (Lipinski definition) is 9. The van der Waals surface area contributed by atoms with E-state index < -0.39 is 5.69 Å². The van der Waals surface area contributed by atoms with Crippen molar-refractivity contribution < 1.29 is 20.1 Å². The molecule has 8 rings (SSSR count). The number of allylic oxidation sites excluding steroid dienone is 2. The van der Waals surface area contributed by atoms with Gasteiger partial charge >= 0.3 is 11.4 Å². The van der Waals surface area contributed by atoms with Gasteiger partial charge in [-0.3, -0.25) is 14.1 Å². The number of methoxy groups -OCH3 is 1. The van der Waals surface area contributed by atoms with Crippen LogP contribution in [0.5, 0.6) is 23.0 Å². The minimum Gasteiger partial charge on any atom is -0.508 e. The highest BCUT2D eigenvalue weighted by atomic mass is 16.5. The second-order valence-corrected chi connectivity index (χ2v) is 16.5. The summed E-state index contributed by atoms with van der Waals surface area (Å²) in [6.07, 6.45) is 7.80. The molecule has 65 heavy (non-hydrogen) atoms. The van der Waals surface area contributed by atoms with Crippen LogP contribution < -0.4 is 16.1 Å².